The lowest BCUT2D eigenvalue weighted by Crippen LogP contribution is -2.42. The zero-order valence-electron chi connectivity index (χ0n) is 11.9. The molecule has 1 unspecified atom stereocenters. The first-order valence-corrected chi connectivity index (χ1v) is 7.84. The summed E-state index contributed by atoms with van der Waals surface area (Å²) in [5.41, 5.74) is 0.914. The van der Waals surface area contributed by atoms with E-state index in [0.29, 0.717) is 15.7 Å². The smallest absolute Gasteiger partial charge is 0.265 e. The van der Waals surface area contributed by atoms with Gasteiger partial charge in [-0.2, -0.15) is 0 Å². The third-order valence-corrected chi connectivity index (χ3v) is 4.75. The van der Waals surface area contributed by atoms with Crippen molar-refractivity contribution >= 4 is 44.8 Å². The second kappa shape index (κ2) is 5.99. The van der Waals surface area contributed by atoms with Crippen LogP contribution in [0.1, 0.15) is 18.2 Å². The van der Waals surface area contributed by atoms with E-state index in [-0.39, 0.29) is 16.4 Å². The number of aromatic nitrogens is 1. The second-order valence-electron chi connectivity index (χ2n) is 4.95. The van der Waals surface area contributed by atoms with Gasteiger partial charge in [0.1, 0.15) is 11.7 Å². The number of carbonyl (C=O) groups excluding carboxylic acids is 1. The number of aliphatic imine (C=N–C) groups is 1. The minimum absolute atomic E-state index is 0.0173. The van der Waals surface area contributed by atoms with Gasteiger partial charge in [0, 0.05) is 16.2 Å². The molecule has 0 spiro atoms. The topological polar surface area (TPSA) is 71.6 Å². The Morgan fingerprint density at radius 1 is 1.39 bits per heavy atom. The number of hydrazine groups is 1. The molecule has 0 fully saturated rings. The van der Waals surface area contributed by atoms with Crippen molar-refractivity contribution < 1.29 is 9.18 Å². The molecular weight excluding hydrogens is 387 g/mol. The first-order valence-electron chi connectivity index (χ1n) is 6.67. The number of benzene rings is 1. The van der Waals surface area contributed by atoms with Gasteiger partial charge in [0.2, 0.25) is 0 Å². The van der Waals surface area contributed by atoms with Crippen LogP contribution in [-0.2, 0) is 4.79 Å². The van der Waals surface area contributed by atoms with Crippen LogP contribution in [0.2, 0.25) is 5.02 Å². The van der Waals surface area contributed by atoms with Gasteiger partial charge in [0.25, 0.3) is 5.91 Å². The number of amides is 1. The summed E-state index contributed by atoms with van der Waals surface area (Å²) in [7, 11) is 0. The number of carbonyl (C=O) groups is 1. The molecule has 0 radical (unpaired) electrons. The zero-order valence-corrected chi connectivity index (χ0v) is 14.3. The maximum Gasteiger partial charge on any atom is 0.265 e. The molecule has 1 aliphatic rings. The Kier molecular flexibility index (Phi) is 4.18. The Hall–Kier alpha value is -1.83. The largest absolute Gasteiger partial charge is 0.271 e. The molecule has 0 bridgehead atoms. The summed E-state index contributed by atoms with van der Waals surface area (Å²) in [6, 6.07) is 5.24. The van der Waals surface area contributed by atoms with Crippen LogP contribution in [0, 0.1) is 5.82 Å². The molecule has 2 N–H and O–H groups in total. The normalized spacial score (nSPS) is 17.6. The number of hydrogen-bond acceptors (Lipinski definition) is 4. The van der Waals surface area contributed by atoms with E-state index in [2.05, 4.69) is 25.9 Å². The number of nitrogens with two attached hydrogens (primary N) is 1. The van der Waals surface area contributed by atoms with Crippen LogP contribution >= 0.6 is 27.5 Å². The molecule has 1 amide bonds. The van der Waals surface area contributed by atoms with E-state index >= 15 is 0 Å². The highest BCUT2D eigenvalue weighted by molar-refractivity contribution is 9.10. The van der Waals surface area contributed by atoms with Gasteiger partial charge in [-0.25, -0.2) is 15.2 Å². The van der Waals surface area contributed by atoms with Crippen molar-refractivity contribution in [2.24, 2.45) is 10.8 Å². The van der Waals surface area contributed by atoms with Gasteiger partial charge in [-0.15, -0.1) is 0 Å². The number of benzodiazepines with no additional fused rings is 1. The predicted octanol–water partition coefficient (Wildman–Crippen LogP) is 3.08. The highest BCUT2D eigenvalue weighted by Gasteiger charge is 2.31. The fourth-order valence-corrected chi connectivity index (χ4v) is 2.92. The summed E-state index contributed by atoms with van der Waals surface area (Å²) >= 11 is 9.69. The maximum absolute atomic E-state index is 14.2. The molecular formula is C15H11BrClFN4O. The van der Waals surface area contributed by atoms with Crippen LogP contribution in [0.15, 0.2) is 39.9 Å². The van der Waals surface area contributed by atoms with Gasteiger partial charge in [0.05, 0.1) is 16.4 Å². The summed E-state index contributed by atoms with van der Waals surface area (Å²) in [5.74, 6) is 4.92. The minimum Gasteiger partial charge on any atom is -0.271 e. The number of halogens is 3. The van der Waals surface area contributed by atoms with E-state index in [4.69, 9.17) is 17.4 Å². The molecule has 118 valence electrons. The first kappa shape index (κ1) is 16.0. The maximum atomic E-state index is 14.2. The van der Waals surface area contributed by atoms with Crippen LogP contribution in [-0.4, -0.2) is 22.6 Å². The van der Waals surface area contributed by atoms with Crippen molar-refractivity contribution in [3.8, 4) is 0 Å². The number of rotatable bonds is 1. The summed E-state index contributed by atoms with van der Waals surface area (Å²) in [6.07, 6.45) is 1.45. The fraction of sp³-hybridized carbons (Fsp3) is 0.133. The van der Waals surface area contributed by atoms with Crippen LogP contribution in [0.4, 0.5) is 10.1 Å². The summed E-state index contributed by atoms with van der Waals surface area (Å²) < 4.78 is 14.8. The summed E-state index contributed by atoms with van der Waals surface area (Å²) in [5, 5.41) is 1.26. The average Bonchev–Trinajstić information content (AvgIpc) is 2.62. The van der Waals surface area contributed by atoms with Crippen molar-refractivity contribution in [2.45, 2.75) is 13.0 Å². The Morgan fingerprint density at radius 2 is 2.13 bits per heavy atom. The Bertz CT molecular complexity index is 842. The molecule has 0 saturated heterocycles. The molecule has 23 heavy (non-hydrogen) atoms. The monoisotopic (exact) mass is 396 g/mol. The minimum atomic E-state index is -0.793. The van der Waals surface area contributed by atoms with E-state index in [1.165, 1.54) is 18.3 Å². The van der Waals surface area contributed by atoms with Crippen molar-refractivity contribution in [1.29, 1.82) is 0 Å². The summed E-state index contributed by atoms with van der Waals surface area (Å²) in [4.78, 5) is 20.7. The molecule has 0 saturated carbocycles. The third kappa shape index (κ3) is 2.65. The Balaban J connectivity index is 2.37. The molecule has 1 aliphatic heterocycles. The molecule has 1 aromatic heterocycles. The van der Waals surface area contributed by atoms with Gasteiger partial charge in [-0.1, -0.05) is 11.6 Å². The van der Waals surface area contributed by atoms with Crippen molar-refractivity contribution in [3.05, 3.63) is 57.0 Å². The first-order chi connectivity index (χ1) is 10.9. The number of pyridine rings is 1. The van der Waals surface area contributed by atoms with Gasteiger partial charge < -0.3 is 0 Å². The van der Waals surface area contributed by atoms with Crippen LogP contribution < -0.4 is 10.9 Å². The van der Waals surface area contributed by atoms with Gasteiger partial charge >= 0.3 is 0 Å². The lowest BCUT2D eigenvalue weighted by molar-refractivity contribution is -0.119. The van der Waals surface area contributed by atoms with Crippen molar-refractivity contribution in [1.82, 2.24) is 4.98 Å². The molecule has 8 heteroatoms. The van der Waals surface area contributed by atoms with E-state index in [1.54, 1.807) is 19.1 Å². The van der Waals surface area contributed by atoms with E-state index in [0.717, 1.165) is 5.01 Å². The quantitative estimate of drug-likeness (QED) is 0.594. The van der Waals surface area contributed by atoms with E-state index in [1.807, 2.05) is 0 Å². The van der Waals surface area contributed by atoms with Crippen LogP contribution in [0.25, 0.3) is 0 Å². The number of nitrogens with zero attached hydrogens (tertiary/aromatic N) is 3. The number of fused-ring (bicyclic) bond motifs is 1. The standard InChI is InChI=1S/C15H11BrClFN4O/c1-7-15(23)22(19)10-5-4-8(16)12(17)11(10)14(21-7)13-9(18)3-2-6-20-13/h2-7H,19H2,1H3. The second-order valence-corrected chi connectivity index (χ2v) is 6.18. The molecule has 2 heterocycles. The van der Waals surface area contributed by atoms with Gasteiger partial charge in [-0.3, -0.25) is 14.8 Å². The predicted molar refractivity (Wildman–Crippen MR) is 90.1 cm³/mol. The molecule has 1 atom stereocenters. The Labute approximate surface area is 145 Å². The molecule has 5 nitrogen and oxygen atoms in total. The molecule has 3 rings (SSSR count). The highest BCUT2D eigenvalue weighted by Crippen LogP contribution is 2.36. The summed E-state index contributed by atoms with van der Waals surface area (Å²) in [6.45, 7) is 1.58. The van der Waals surface area contributed by atoms with Gasteiger partial charge in [0.15, 0.2) is 5.82 Å². The Morgan fingerprint density at radius 3 is 2.83 bits per heavy atom. The number of hydrogen-bond donors (Lipinski definition) is 1. The molecule has 0 aliphatic carbocycles. The third-order valence-electron chi connectivity index (χ3n) is 3.47. The van der Waals surface area contributed by atoms with Crippen molar-refractivity contribution in [3.63, 3.8) is 0 Å². The number of anilines is 1. The van der Waals surface area contributed by atoms with Crippen LogP contribution in [0.5, 0.6) is 0 Å². The molecule has 1 aromatic carbocycles. The highest BCUT2D eigenvalue weighted by atomic mass is 79.9. The van der Waals surface area contributed by atoms with Crippen molar-refractivity contribution in [2.75, 3.05) is 5.01 Å². The van der Waals surface area contributed by atoms with E-state index in [9.17, 15) is 9.18 Å². The van der Waals surface area contributed by atoms with Crippen LogP contribution in [0.3, 0.4) is 0 Å². The SMILES string of the molecule is CC1N=C(c2ncccc2F)c2c(ccc(Br)c2Cl)N(N)C1=O. The van der Waals surface area contributed by atoms with E-state index < -0.39 is 17.8 Å². The average molecular weight is 398 g/mol. The lowest BCUT2D eigenvalue weighted by Gasteiger charge is -2.19. The fourth-order valence-electron chi connectivity index (χ4n) is 2.34. The van der Waals surface area contributed by atoms with Gasteiger partial charge in [-0.05, 0) is 47.1 Å². The molecule has 2 aromatic rings. The lowest BCUT2D eigenvalue weighted by atomic mass is 10.0. The zero-order chi connectivity index (χ0) is 16.7.